The number of benzene rings is 2. The Balaban J connectivity index is 2.11. The number of anilines is 1. The molecule has 0 aromatic heterocycles. The highest BCUT2D eigenvalue weighted by molar-refractivity contribution is 7.80. The van der Waals surface area contributed by atoms with Gasteiger partial charge in [0, 0.05) is 5.69 Å². The lowest BCUT2D eigenvalue weighted by atomic mass is 10.0. The fourth-order valence-electron chi connectivity index (χ4n) is 2.59. The Labute approximate surface area is 161 Å². The Bertz CT molecular complexity index is 797. The molecule has 0 amide bonds. The molecule has 0 aliphatic heterocycles. The second-order valence-corrected chi connectivity index (χ2v) is 6.16. The molecule has 0 radical (unpaired) electrons. The summed E-state index contributed by atoms with van der Waals surface area (Å²) in [4.78, 5) is 0. The average molecular weight is 398 g/mol. The first-order valence-corrected chi connectivity index (χ1v) is 8.66. The molecule has 0 spiro atoms. The van der Waals surface area contributed by atoms with Crippen molar-refractivity contribution < 1.29 is 22.6 Å². The van der Waals surface area contributed by atoms with E-state index in [0.717, 1.165) is 17.7 Å². The van der Waals surface area contributed by atoms with Crippen LogP contribution in [0.5, 0.6) is 11.5 Å². The molecule has 0 aliphatic rings. The fourth-order valence-corrected chi connectivity index (χ4v) is 2.85. The molecule has 0 unspecified atom stereocenters. The van der Waals surface area contributed by atoms with E-state index in [2.05, 4.69) is 10.6 Å². The molecule has 1 atom stereocenters. The summed E-state index contributed by atoms with van der Waals surface area (Å²) in [7, 11) is 3.11. The van der Waals surface area contributed by atoms with Crippen molar-refractivity contribution >= 4 is 23.0 Å². The normalized spacial score (nSPS) is 12.2. The van der Waals surface area contributed by atoms with Crippen molar-refractivity contribution in [3.05, 3.63) is 53.6 Å². The van der Waals surface area contributed by atoms with Gasteiger partial charge in [0.05, 0.1) is 25.8 Å². The van der Waals surface area contributed by atoms with Gasteiger partial charge in [-0.1, -0.05) is 19.1 Å². The topological polar surface area (TPSA) is 42.5 Å². The number of hydrogen-bond acceptors (Lipinski definition) is 3. The molecule has 0 bridgehead atoms. The van der Waals surface area contributed by atoms with Gasteiger partial charge < -0.3 is 20.1 Å². The van der Waals surface area contributed by atoms with Crippen LogP contribution in [0.15, 0.2) is 42.5 Å². The molecule has 0 saturated heterocycles. The Morgan fingerprint density at radius 3 is 2.37 bits per heavy atom. The molecule has 2 N–H and O–H groups in total. The smallest absolute Gasteiger partial charge is 0.416 e. The molecular formula is C19H21F3N2O2S. The summed E-state index contributed by atoms with van der Waals surface area (Å²) in [5.74, 6) is 1.20. The summed E-state index contributed by atoms with van der Waals surface area (Å²) >= 11 is 5.27. The number of thiocarbonyl (C=S) groups is 1. The van der Waals surface area contributed by atoms with Crippen molar-refractivity contribution in [2.24, 2.45) is 0 Å². The first kappa shape index (κ1) is 20.8. The number of alkyl halides is 3. The van der Waals surface area contributed by atoms with Gasteiger partial charge in [0.1, 0.15) is 0 Å². The van der Waals surface area contributed by atoms with E-state index in [9.17, 15) is 13.2 Å². The van der Waals surface area contributed by atoms with Crippen LogP contribution in [-0.2, 0) is 6.18 Å². The third kappa shape index (κ3) is 5.50. The quantitative estimate of drug-likeness (QED) is 0.658. The third-order valence-corrected chi connectivity index (χ3v) is 4.19. The van der Waals surface area contributed by atoms with Crippen LogP contribution in [0.25, 0.3) is 0 Å². The second-order valence-electron chi connectivity index (χ2n) is 5.75. The Kier molecular flexibility index (Phi) is 6.90. The summed E-state index contributed by atoms with van der Waals surface area (Å²) in [6.07, 6.45) is -3.70. The van der Waals surface area contributed by atoms with E-state index in [1.165, 1.54) is 12.1 Å². The number of methoxy groups -OCH3 is 2. The zero-order valence-corrected chi connectivity index (χ0v) is 16.0. The zero-order valence-electron chi connectivity index (χ0n) is 15.2. The summed E-state index contributed by atoms with van der Waals surface area (Å²) in [5.41, 5.74) is 0.454. The van der Waals surface area contributed by atoms with E-state index < -0.39 is 11.7 Å². The van der Waals surface area contributed by atoms with Crippen LogP contribution in [0.4, 0.5) is 18.9 Å². The van der Waals surface area contributed by atoms with E-state index in [1.807, 2.05) is 19.1 Å². The van der Waals surface area contributed by atoms with E-state index in [-0.39, 0.29) is 16.8 Å². The van der Waals surface area contributed by atoms with Gasteiger partial charge in [-0.25, -0.2) is 0 Å². The van der Waals surface area contributed by atoms with Gasteiger partial charge in [-0.2, -0.15) is 13.2 Å². The minimum absolute atomic E-state index is 0.143. The van der Waals surface area contributed by atoms with Crippen molar-refractivity contribution in [2.45, 2.75) is 25.6 Å². The maximum atomic E-state index is 12.8. The van der Waals surface area contributed by atoms with Gasteiger partial charge in [0.25, 0.3) is 0 Å². The van der Waals surface area contributed by atoms with Gasteiger partial charge >= 0.3 is 6.18 Å². The molecule has 2 aromatic carbocycles. The fraction of sp³-hybridized carbons (Fsp3) is 0.316. The summed E-state index contributed by atoms with van der Waals surface area (Å²) < 4.78 is 49.0. The molecule has 0 heterocycles. The van der Waals surface area contributed by atoms with Crippen molar-refractivity contribution in [3.8, 4) is 11.5 Å². The van der Waals surface area contributed by atoms with Crippen molar-refractivity contribution in [1.29, 1.82) is 0 Å². The summed E-state index contributed by atoms with van der Waals surface area (Å²) in [6, 6.07) is 10.3. The largest absolute Gasteiger partial charge is 0.493 e. The van der Waals surface area contributed by atoms with Crippen molar-refractivity contribution in [1.82, 2.24) is 5.32 Å². The van der Waals surface area contributed by atoms with Crippen LogP contribution in [0.1, 0.15) is 30.5 Å². The second kappa shape index (κ2) is 8.94. The van der Waals surface area contributed by atoms with Crippen LogP contribution in [0.3, 0.4) is 0 Å². The van der Waals surface area contributed by atoms with E-state index in [0.29, 0.717) is 17.9 Å². The lowest BCUT2D eigenvalue weighted by Crippen LogP contribution is -2.32. The SMILES string of the molecule is CC[C@H](NC(=S)Nc1cccc(C(F)(F)F)c1)c1ccc(OC)c(OC)c1. The van der Waals surface area contributed by atoms with Gasteiger partial charge in [0.15, 0.2) is 16.6 Å². The van der Waals surface area contributed by atoms with Crippen molar-refractivity contribution in [3.63, 3.8) is 0 Å². The molecule has 0 saturated carbocycles. The number of hydrogen-bond donors (Lipinski definition) is 2. The van der Waals surface area contributed by atoms with E-state index >= 15 is 0 Å². The maximum Gasteiger partial charge on any atom is 0.416 e. The zero-order chi connectivity index (χ0) is 20.0. The van der Waals surface area contributed by atoms with Crippen molar-refractivity contribution in [2.75, 3.05) is 19.5 Å². The first-order chi connectivity index (χ1) is 12.8. The van der Waals surface area contributed by atoms with Gasteiger partial charge in [0.2, 0.25) is 0 Å². The lowest BCUT2D eigenvalue weighted by molar-refractivity contribution is -0.137. The van der Waals surface area contributed by atoms with Crippen LogP contribution in [-0.4, -0.2) is 19.3 Å². The van der Waals surface area contributed by atoms with E-state index in [1.54, 1.807) is 20.3 Å². The van der Waals surface area contributed by atoms with Crippen LogP contribution < -0.4 is 20.1 Å². The minimum atomic E-state index is -4.40. The van der Waals surface area contributed by atoms with Gasteiger partial charge in [-0.3, -0.25) is 0 Å². The standard InChI is InChI=1S/C19H21F3N2O2S/c1-4-15(12-8-9-16(25-2)17(10-12)26-3)24-18(27)23-14-7-5-6-13(11-14)19(20,21)22/h5-11,15H,4H2,1-3H3,(H2,23,24,27)/t15-/m0/s1. The average Bonchev–Trinajstić information content (AvgIpc) is 2.65. The lowest BCUT2D eigenvalue weighted by Gasteiger charge is -2.21. The highest BCUT2D eigenvalue weighted by Crippen LogP contribution is 2.32. The maximum absolute atomic E-state index is 12.8. The first-order valence-electron chi connectivity index (χ1n) is 8.25. The Hall–Kier alpha value is -2.48. The van der Waals surface area contributed by atoms with Gasteiger partial charge in [-0.15, -0.1) is 0 Å². The molecule has 2 rings (SSSR count). The molecule has 0 fully saturated rings. The van der Waals surface area contributed by atoms with Crippen LogP contribution >= 0.6 is 12.2 Å². The molecule has 4 nitrogen and oxygen atoms in total. The van der Waals surface area contributed by atoms with E-state index in [4.69, 9.17) is 21.7 Å². The molecule has 146 valence electrons. The molecule has 2 aromatic rings. The Morgan fingerprint density at radius 2 is 1.78 bits per heavy atom. The number of rotatable bonds is 6. The monoisotopic (exact) mass is 398 g/mol. The molecule has 0 aliphatic carbocycles. The molecular weight excluding hydrogens is 377 g/mol. The predicted molar refractivity (Wildman–Crippen MR) is 103 cm³/mol. The third-order valence-electron chi connectivity index (χ3n) is 3.97. The summed E-state index contributed by atoms with van der Waals surface area (Å²) in [6.45, 7) is 1.97. The molecule has 27 heavy (non-hydrogen) atoms. The summed E-state index contributed by atoms with van der Waals surface area (Å²) in [5, 5.41) is 6.16. The number of halogens is 3. The van der Waals surface area contributed by atoms with Crippen LogP contribution in [0, 0.1) is 0 Å². The highest BCUT2D eigenvalue weighted by Gasteiger charge is 2.30. The number of nitrogens with one attached hydrogen (secondary N) is 2. The number of ether oxygens (including phenoxy) is 2. The molecule has 8 heteroatoms. The predicted octanol–water partition coefficient (Wildman–Crippen LogP) is 5.16. The minimum Gasteiger partial charge on any atom is -0.493 e. The highest BCUT2D eigenvalue weighted by atomic mass is 32.1. The van der Waals surface area contributed by atoms with Gasteiger partial charge in [-0.05, 0) is 54.5 Å². The van der Waals surface area contributed by atoms with Crippen LogP contribution in [0.2, 0.25) is 0 Å². The Morgan fingerprint density at radius 1 is 1.07 bits per heavy atom.